The van der Waals surface area contributed by atoms with Crippen LogP contribution in [0.1, 0.15) is 39.0 Å². The molecule has 1 aliphatic carbocycles. The Hall–Kier alpha value is -0.780. The smallest absolute Gasteiger partial charge is 0.315 e. The molecule has 1 saturated heterocycles. The van der Waals surface area contributed by atoms with Gasteiger partial charge in [-0.1, -0.05) is 19.8 Å². The third-order valence-corrected chi connectivity index (χ3v) is 5.76. The maximum atomic E-state index is 11.8. The van der Waals surface area contributed by atoms with Gasteiger partial charge in [-0.3, -0.25) is 0 Å². The fourth-order valence-corrected chi connectivity index (χ4v) is 4.51. The SMILES string of the molecule is CC1CCCCC1NC(=O)NC1CCS(=O)(=O)C1. The lowest BCUT2D eigenvalue weighted by Crippen LogP contribution is -2.49. The second-order valence-electron chi connectivity index (χ2n) is 5.59. The molecule has 1 saturated carbocycles. The topological polar surface area (TPSA) is 75.3 Å². The van der Waals surface area contributed by atoms with Crippen LogP contribution in [0.5, 0.6) is 0 Å². The van der Waals surface area contributed by atoms with Gasteiger partial charge in [-0.2, -0.15) is 0 Å². The van der Waals surface area contributed by atoms with Crippen LogP contribution >= 0.6 is 0 Å². The first-order chi connectivity index (χ1) is 8.46. The molecule has 0 aromatic carbocycles. The van der Waals surface area contributed by atoms with Gasteiger partial charge in [0.1, 0.15) is 0 Å². The van der Waals surface area contributed by atoms with Crippen LogP contribution in [0.2, 0.25) is 0 Å². The summed E-state index contributed by atoms with van der Waals surface area (Å²) in [5.41, 5.74) is 0. The van der Waals surface area contributed by atoms with E-state index in [9.17, 15) is 13.2 Å². The number of carbonyl (C=O) groups excluding carboxylic acids is 1. The highest BCUT2D eigenvalue weighted by molar-refractivity contribution is 7.91. The minimum Gasteiger partial charge on any atom is -0.335 e. The van der Waals surface area contributed by atoms with E-state index in [4.69, 9.17) is 0 Å². The van der Waals surface area contributed by atoms with Crippen molar-refractivity contribution in [3.05, 3.63) is 0 Å². The van der Waals surface area contributed by atoms with Gasteiger partial charge in [0.15, 0.2) is 9.84 Å². The first-order valence-corrected chi connectivity index (χ1v) is 8.56. The monoisotopic (exact) mass is 274 g/mol. The van der Waals surface area contributed by atoms with Gasteiger partial charge >= 0.3 is 6.03 Å². The van der Waals surface area contributed by atoms with Gasteiger partial charge in [0.2, 0.25) is 0 Å². The van der Waals surface area contributed by atoms with Gasteiger partial charge in [-0.25, -0.2) is 13.2 Å². The van der Waals surface area contributed by atoms with Crippen molar-refractivity contribution < 1.29 is 13.2 Å². The minimum atomic E-state index is -2.93. The molecule has 5 nitrogen and oxygen atoms in total. The summed E-state index contributed by atoms with van der Waals surface area (Å²) >= 11 is 0. The summed E-state index contributed by atoms with van der Waals surface area (Å²) in [5.74, 6) is 0.787. The van der Waals surface area contributed by atoms with Crippen molar-refractivity contribution in [3.8, 4) is 0 Å². The summed E-state index contributed by atoms with van der Waals surface area (Å²) in [5, 5.41) is 5.75. The lowest BCUT2D eigenvalue weighted by atomic mass is 9.86. The predicted molar refractivity (Wildman–Crippen MR) is 70.1 cm³/mol. The molecule has 0 aromatic rings. The highest BCUT2D eigenvalue weighted by Crippen LogP contribution is 2.23. The highest BCUT2D eigenvalue weighted by Gasteiger charge is 2.30. The van der Waals surface area contributed by atoms with Crippen molar-refractivity contribution >= 4 is 15.9 Å². The van der Waals surface area contributed by atoms with Gasteiger partial charge in [0.25, 0.3) is 0 Å². The fourth-order valence-electron chi connectivity index (χ4n) is 2.83. The average Bonchev–Trinajstić information content (AvgIpc) is 2.61. The summed E-state index contributed by atoms with van der Waals surface area (Å²) in [4.78, 5) is 11.8. The zero-order valence-corrected chi connectivity index (χ0v) is 11.6. The number of hydrogen-bond acceptors (Lipinski definition) is 3. The van der Waals surface area contributed by atoms with Gasteiger partial charge in [-0.05, 0) is 25.2 Å². The molecule has 2 N–H and O–H groups in total. The van der Waals surface area contributed by atoms with Crippen LogP contribution in [0.3, 0.4) is 0 Å². The van der Waals surface area contributed by atoms with Crippen molar-refractivity contribution in [1.82, 2.24) is 10.6 Å². The molecular formula is C12H22N2O3S. The summed E-state index contributed by atoms with van der Waals surface area (Å²) < 4.78 is 22.6. The van der Waals surface area contributed by atoms with E-state index >= 15 is 0 Å². The van der Waals surface area contributed by atoms with Crippen LogP contribution in [-0.4, -0.2) is 38.0 Å². The van der Waals surface area contributed by atoms with Crippen molar-refractivity contribution in [1.29, 1.82) is 0 Å². The number of hydrogen-bond donors (Lipinski definition) is 2. The lowest BCUT2D eigenvalue weighted by Gasteiger charge is -2.29. The Morgan fingerprint density at radius 1 is 1.11 bits per heavy atom. The summed E-state index contributed by atoms with van der Waals surface area (Å²) in [6, 6.07) is -0.193. The molecule has 1 aliphatic heterocycles. The minimum absolute atomic E-state index is 0.0840. The van der Waals surface area contributed by atoms with Crippen LogP contribution in [0.15, 0.2) is 0 Å². The number of carbonyl (C=O) groups is 1. The standard InChI is InChI=1S/C12H22N2O3S/c1-9-4-2-3-5-11(9)14-12(15)13-10-6-7-18(16,17)8-10/h9-11H,2-8H2,1H3,(H2,13,14,15). The fraction of sp³-hybridized carbons (Fsp3) is 0.917. The van der Waals surface area contributed by atoms with E-state index < -0.39 is 9.84 Å². The molecule has 6 heteroatoms. The third-order valence-electron chi connectivity index (χ3n) is 4.00. The molecular weight excluding hydrogens is 252 g/mol. The molecule has 1 heterocycles. The lowest BCUT2D eigenvalue weighted by molar-refractivity contribution is 0.219. The van der Waals surface area contributed by atoms with E-state index in [1.807, 2.05) is 0 Å². The number of rotatable bonds is 2. The van der Waals surface area contributed by atoms with Crippen LogP contribution in [0.25, 0.3) is 0 Å². The second-order valence-corrected chi connectivity index (χ2v) is 7.81. The molecule has 2 aliphatic rings. The van der Waals surface area contributed by atoms with E-state index in [2.05, 4.69) is 17.6 Å². The summed E-state index contributed by atoms with van der Waals surface area (Å²) in [6.07, 6.45) is 5.12. The molecule has 0 spiro atoms. The van der Waals surface area contributed by atoms with E-state index in [0.717, 1.165) is 19.3 Å². The Morgan fingerprint density at radius 2 is 1.83 bits per heavy atom. The molecule has 0 radical (unpaired) electrons. The van der Waals surface area contributed by atoms with Crippen LogP contribution in [0, 0.1) is 5.92 Å². The Balaban J connectivity index is 1.78. The average molecular weight is 274 g/mol. The summed E-state index contributed by atoms with van der Waals surface area (Å²) in [6.45, 7) is 2.16. The van der Waals surface area contributed by atoms with Gasteiger partial charge in [0, 0.05) is 12.1 Å². The Bertz CT molecular complexity index is 408. The van der Waals surface area contributed by atoms with Crippen LogP contribution in [0.4, 0.5) is 4.79 Å². The van der Waals surface area contributed by atoms with Gasteiger partial charge in [0.05, 0.1) is 11.5 Å². The molecule has 0 bridgehead atoms. The molecule has 2 fully saturated rings. The number of amides is 2. The van der Waals surface area contributed by atoms with Gasteiger partial charge in [-0.15, -0.1) is 0 Å². The Morgan fingerprint density at radius 3 is 2.44 bits per heavy atom. The van der Waals surface area contributed by atoms with Crippen molar-refractivity contribution in [3.63, 3.8) is 0 Å². The number of nitrogens with one attached hydrogen (secondary N) is 2. The van der Waals surface area contributed by atoms with E-state index in [0.29, 0.717) is 12.3 Å². The first kappa shape index (κ1) is 13.6. The molecule has 0 aromatic heterocycles. The molecule has 3 atom stereocenters. The Kier molecular flexibility index (Phi) is 4.14. The largest absolute Gasteiger partial charge is 0.335 e. The quantitative estimate of drug-likeness (QED) is 0.790. The van der Waals surface area contributed by atoms with Crippen molar-refractivity contribution in [2.45, 2.75) is 51.1 Å². The highest BCUT2D eigenvalue weighted by atomic mass is 32.2. The van der Waals surface area contributed by atoms with Crippen molar-refractivity contribution in [2.24, 2.45) is 5.92 Å². The molecule has 18 heavy (non-hydrogen) atoms. The zero-order valence-electron chi connectivity index (χ0n) is 10.8. The number of sulfone groups is 1. The second kappa shape index (κ2) is 5.47. The van der Waals surface area contributed by atoms with Crippen LogP contribution < -0.4 is 10.6 Å². The normalized spacial score (nSPS) is 35.1. The summed E-state index contributed by atoms with van der Waals surface area (Å²) in [7, 11) is -2.93. The van der Waals surface area contributed by atoms with E-state index in [1.165, 1.54) is 6.42 Å². The van der Waals surface area contributed by atoms with E-state index in [1.54, 1.807) is 0 Å². The molecule has 104 valence electrons. The Labute approximate surface area is 109 Å². The first-order valence-electron chi connectivity index (χ1n) is 6.74. The molecule has 2 amide bonds. The number of urea groups is 1. The van der Waals surface area contributed by atoms with Crippen molar-refractivity contribution in [2.75, 3.05) is 11.5 Å². The van der Waals surface area contributed by atoms with Crippen LogP contribution in [-0.2, 0) is 9.84 Å². The molecule has 2 rings (SSSR count). The maximum absolute atomic E-state index is 11.8. The van der Waals surface area contributed by atoms with E-state index in [-0.39, 0.29) is 29.6 Å². The predicted octanol–water partition coefficient (Wildman–Crippen LogP) is 1.05. The molecule has 3 unspecified atom stereocenters. The van der Waals surface area contributed by atoms with Gasteiger partial charge < -0.3 is 10.6 Å². The zero-order chi connectivity index (χ0) is 13.2. The maximum Gasteiger partial charge on any atom is 0.315 e. The third kappa shape index (κ3) is 3.60.